The Kier molecular flexibility index (Phi) is 4.40. The maximum Gasteiger partial charge on any atom is 0.0596 e. The molecule has 0 fully saturated rings. The molecule has 0 bridgehead atoms. The van der Waals surface area contributed by atoms with Crippen molar-refractivity contribution in [3.8, 4) is 0 Å². The molecule has 4 heteroatoms. The average Bonchev–Trinajstić information content (AvgIpc) is 3.16. The first-order valence-corrected chi connectivity index (χ1v) is 8.82. The lowest BCUT2D eigenvalue weighted by Gasteiger charge is -1.99. The molecule has 2 aromatic carbocycles. The molecule has 0 aliphatic rings. The van der Waals surface area contributed by atoms with Crippen molar-refractivity contribution in [2.75, 3.05) is 13.1 Å². The fraction of sp³-hybridized carbons (Fsp3) is 0.182. The number of hydrogen-bond acceptors (Lipinski definition) is 2. The van der Waals surface area contributed by atoms with Crippen molar-refractivity contribution in [1.29, 1.82) is 0 Å². The molecule has 0 atom stereocenters. The van der Waals surface area contributed by atoms with Crippen molar-refractivity contribution >= 4 is 34.2 Å². The van der Waals surface area contributed by atoms with E-state index in [1.807, 2.05) is 12.4 Å². The number of aliphatic imine (C=N–C) groups is 2. The molecule has 0 amide bonds. The Balaban J connectivity index is 1.39. The highest BCUT2D eigenvalue weighted by atomic mass is 15.0. The van der Waals surface area contributed by atoms with Gasteiger partial charge in [-0.25, -0.2) is 0 Å². The molecule has 0 spiro atoms. The van der Waals surface area contributed by atoms with Crippen molar-refractivity contribution in [3.63, 3.8) is 0 Å². The maximum atomic E-state index is 4.53. The third kappa shape index (κ3) is 3.06. The molecule has 0 unspecified atom stereocenters. The number of aryl methyl sites for hydroxylation is 2. The van der Waals surface area contributed by atoms with E-state index in [9.17, 15) is 0 Å². The zero-order valence-corrected chi connectivity index (χ0v) is 15.1. The quantitative estimate of drug-likeness (QED) is 0.385. The van der Waals surface area contributed by atoms with E-state index in [2.05, 4.69) is 93.9 Å². The summed E-state index contributed by atoms with van der Waals surface area (Å²) in [4.78, 5) is 9.06. The van der Waals surface area contributed by atoms with Crippen LogP contribution >= 0.6 is 0 Å². The van der Waals surface area contributed by atoms with Gasteiger partial charge in [0.15, 0.2) is 0 Å². The minimum Gasteiger partial charge on any atom is -0.343 e. The number of rotatable bonds is 5. The predicted octanol–water partition coefficient (Wildman–Crippen LogP) is 4.21. The topological polar surface area (TPSA) is 34.6 Å². The first-order chi connectivity index (χ1) is 12.7. The summed E-state index contributed by atoms with van der Waals surface area (Å²) in [7, 11) is 4.14. The second kappa shape index (κ2) is 7.00. The summed E-state index contributed by atoms with van der Waals surface area (Å²) in [5, 5.41) is 2.48. The van der Waals surface area contributed by atoms with Gasteiger partial charge >= 0.3 is 0 Å². The van der Waals surface area contributed by atoms with Gasteiger partial charge in [0.1, 0.15) is 0 Å². The van der Waals surface area contributed by atoms with Crippen LogP contribution in [-0.4, -0.2) is 34.7 Å². The number of para-hydroxylation sites is 2. The lowest BCUT2D eigenvalue weighted by molar-refractivity contribution is 0.940. The molecule has 2 aromatic heterocycles. The average molecular weight is 342 g/mol. The van der Waals surface area contributed by atoms with Crippen LogP contribution in [0.1, 0.15) is 11.4 Å². The second-order valence-electron chi connectivity index (χ2n) is 6.44. The lowest BCUT2D eigenvalue weighted by atomic mass is 10.2. The molecular weight excluding hydrogens is 320 g/mol. The number of benzene rings is 2. The molecule has 0 N–H and O–H groups in total. The van der Waals surface area contributed by atoms with Crippen LogP contribution in [0, 0.1) is 0 Å². The summed E-state index contributed by atoms with van der Waals surface area (Å²) in [6.45, 7) is 1.37. The number of hydrogen-bond donors (Lipinski definition) is 0. The highest BCUT2D eigenvalue weighted by Gasteiger charge is 2.03. The first kappa shape index (κ1) is 16.3. The number of nitrogens with zero attached hydrogens (tertiary/aromatic N) is 4. The van der Waals surface area contributed by atoms with E-state index in [-0.39, 0.29) is 0 Å². The van der Waals surface area contributed by atoms with Crippen LogP contribution in [0.5, 0.6) is 0 Å². The Labute approximate surface area is 153 Å². The van der Waals surface area contributed by atoms with E-state index in [4.69, 9.17) is 0 Å². The summed E-state index contributed by atoms with van der Waals surface area (Å²) in [6.07, 6.45) is 3.87. The zero-order chi connectivity index (χ0) is 17.9. The molecule has 4 aromatic rings. The third-order valence-corrected chi connectivity index (χ3v) is 4.78. The third-order valence-electron chi connectivity index (χ3n) is 4.78. The van der Waals surface area contributed by atoms with Crippen molar-refractivity contribution in [1.82, 2.24) is 9.13 Å². The fourth-order valence-electron chi connectivity index (χ4n) is 3.30. The van der Waals surface area contributed by atoms with Crippen LogP contribution in [0.2, 0.25) is 0 Å². The van der Waals surface area contributed by atoms with Crippen LogP contribution in [0.3, 0.4) is 0 Å². The van der Waals surface area contributed by atoms with Gasteiger partial charge in [-0.1, -0.05) is 36.4 Å². The molecule has 0 saturated heterocycles. The highest BCUT2D eigenvalue weighted by Crippen LogP contribution is 2.17. The van der Waals surface area contributed by atoms with Gasteiger partial charge in [0.2, 0.25) is 0 Å². The monoisotopic (exact) mass is 342 g/mol. The number of fused-ring (bicyclic) bond motifs is 2. The van der Waals surface area contributed by atoms with Crippen molar-refractivity contribution in [3.05, 3.63) is 72.1 Å². The Morgan fingerprint density at radius 2 is 1.12 bits per heavy atom. The van der Waals surface area contributed by atoms with Gasteiger partial charge in [-0.15, -0.1) is 0 Å². The maximum absolute atomic E-state index is 4.53. The van der Waals surface area contributed by atoms with Gasteiger partial charge in [-0.05, 0) is 24.3 Å². The van der Waals surface area contributed by atoms with Crippen molar-refractivity contribution in [2.24, 2.45) is 24.1 Å². The van der Waals surface area contributed by atoms with Crippen LogP contribution in [0.15, 0.2) is 70.6 Å². The standard InChI is InChI=1S/C22H22N4/c1-25-19(13-17-7-3-5-9-21(17)25)15-23-11-12-24-16-20-14-18-8-4-6-10-22(18)26(20)2/h3-10,13-16H,11-12H2,1-2H3/b23-15+,24-16+. The van der Waals surface area contributed by atoms with E-state index in [0.717, 1.165) is 11.4 Å². The van der Waals surface area contributed by atoms with E-state index < -0.39 is 0 Å². The smallest absolute Gasteiger partial charge is 0.0596 e. The van der Waals surface area contributed by atoms with Gasteiger partial charge in [0.25, 0.3) is 0 Å². The van der Waals surface area contributed by atoms with Crippen molar-refractivity contribution < 1.29 is 0 Å². The Hall–Kier alpha value is -3.14. The minimum atomic E-state index is 0.683. The lowest BCUT2D eigenvalue weighted by Crippen LogP contribution is -1.97. The summed E-state index contributed by atoms with van der Waals surface area (Å²) in [6, 6.07) is 21.1. The van der Waals surface area contributed by atoms with Gasteiger partial charge in [-0.3, -0.25) is 9.98 Å². The Bertz CT molecular complexity index is 1020. The largest absolute Gasteiger partial charge is 0.343 e. The summed E-state index contributed by atoms with van der Waals surface area (Å²) < 4.78 is 4.33. The molecule has 0 saturated carbocycles. The second-order valence-corrected chi connectivity index (χ2v) is 6.44. The molecular formula is C22H22N4. The molecule has 0 aliphatic carbocycles. The van der Waals surface area contributed by atoms with Gasteiger partial charge < -0.3 is 9.13 Å². The van der Waals surface area contributed by atoms with Gasteiger partial charge in [0, 0.05) is 48.3 Å². The van der Waals surface area contributed by atoms with Crippen LogP contribution in [0.4, 0.5) is 0 Å². The molecule has 2 heterocycles. The first-order valence-electron chi connectivity index (χ1n) is 8.82. The van der Waals surface area contributed by atoms with Crippen molar-refractivity contribution in [2.45, 2.75) is 0 Å². The van der Waals surface area contributed by atoms with Crippen LogP contribution in [0.25, 0.3) is 21.8 Å². The minimum absolute atomic E-state index is 0.683. The van der Waals surface area contributed by atoms with Crippen LogP contribution in [-0.2, 0) is 14.1 Å². The molecule has 0 radical (unpaired) electrons. The van der Waals surface area contributed by atoms with E-state index in [0.29, 0.717) is 13.1 Å². The normalized spacial score (nSPS) is 12.2. The van der Waals surface area contributed by atoms with Gasteiger partial charge in [0.05, 0.1) is 24.5 Å². The molecule has 4 rings (SSSR count). The van der Waals surface area contributed by atoms with E-state index >= 15 is 0 Å². The highest BCUT2D eigenvalue weighted by molar-refractivity contribution is 5.91. The zero-order valence-electron chi connectivity index (χ0n) is 15.1. The fourth-order valence-corrected chi connectivity index (χ4v) is 3.30. The Morgan fingerprint density at radius 3 is 1.54 bits per heavy atom. The molecule has 0 aliphatic heterocycles. The van der Waals surface area contributed by atoms with Gasteiger partial charge in [-0.2, -0.15) is 0 Å². The molecule has 26 heavy (non-hydrogen) atoms. The van der Waals surface area contributed by atoms with E-state index in [1.165, 1.54) is 21.8 Å². The molecule has 130 valence electrons. The van der Waals surface area contributed by atoms with E-state index in [1.54, 1.807) is 0 Å². The summed E-state index contributed by atoms with van der Waals surface area (Å²) in [5.74, 6) is 0. The predicted molar refractivity (Wildman–Crippen MR) is 111 cm³/mol. The number of aromatic nitrogens is 2. The Morgan fingerprint density at radius 1 is 0.692 bits per heavy atom. The molecule has 4 nitrogen and oxygen atoms in total. The summed E-state index contributed by atoms with van der Waals surface area (Å²) >= 11 is 0. The summed E-state index contributed by atoms with van der Waals surface area (Å²) in [5.41, 5.74) is 4.68. The van der Waals surface area contributed by atoms with Crippen LogP contribution < -0.4 is 0 Å². The SMILES string of the molecule is Cn1c(/C=N/CC/N=C/c2cc3ccccc3n2C)cc2ccccc21.